The van der Waals surface area contributed by atoms with Crippen molar-refractivity contribution in [2.45, 2.75) is 6.92 Å². The number of ether oxygens (including phenoxy) is 1. The highest BCUT2D eigenvalue weighted by Gasteiger charge is 2.13. The largest absolute Gasteiger partial charge is 0.467 e. The summed E-state index contributed by atoms with van der Waals surface area (Å²) in [6.45, 7) is 2.76. The molecular weight excluding hydrogens is 284 g/mol. The van der Waals surface area contributed by atoms with Gasteiger partial charge >= 0.3 is 6.01 Å². The Bertz CT molecular complexity index is 534. The van der Waals surface area contributed by atoms with Crippen LogP contribution in [0, 0.1) is 0 Å². The molecule has 0 aliphatic rings. The zero-order chi connectivity index (χ0) is 15.2. The fourth-order valence-corrected chi connectivity index (χ4v) is 1.96. The van der Waals surface area contributed by atoms with Gasteiger partial charge in [-0.05, 0) is 6.92 Å². The summed E-state index contributed by atoms with van der Waals surface area (Å²) in [6.07, 6.45) is 0. The van der Waals surface area contributed by atoms with E-state index in [2.05, 4.69) is 25.6 Å². The number of nitrogens with one attached hydrogen (secondary N) is 2. The zero-order valence-corrected chi connectivity index (χ0v) is 12.9. The minimum absolute atomic E-state index is 0.0511. The molecule has 0 aromatic carbocycles. The summed E-state index contributed by atoms with van der Waals surface area (Å²) >= 11 is 0. The van der Waals surface area contributed by atoms with Crippen LogP contribution in [0.25, 0.3) is 0 Å². The van der Waals surface area contributed by atoms with Gasteiger partial charge in [-0.25, -0.2) is 12.7 Å². The first kappa shape index (κ1) is 16.4. The summed E-state index contributed by atoms with van der Waals surface area (Å²) in [5, 5.41) is 5.78. The third kappa shape index (κ3) is 4.78. The van der Waals surface area contributed by atoms with Crippen LogP contribution in [0.1, 0.15) is 6.92 Å². The van der Waals surface area contributed by atoms with Gasteiger partial charge in [-0.15, -0.1) is 0 Å². The number of sulfonamides is 1. The fraction of sp³-hybridized carbons (Fsp3) is 0.700. The first-order chi connectivity index (χ1) is 9.39. The van der Waals surface area contributed by atoms with Crippen molar-refractivity contribution in [2.75, 3.05) is 50.7 Å². The van der Waals surface area contributed by atoms with Crippen LogP contribution in [-0.2, 0) is 10.0 Å². The Hall–Kier alpha value is -1.68. The van der Waals surface area contributed by atoms with Crippen LogP contribution >= 0.6 is 0 Å². The molecule has 20 heavy (non-hydrogen) atoms. The van der Waals surface area contributed by atoms with Gasteiger partial charge in [0.05, 0.1) is 12.9 Å². The van der Waals surface area contributed by atoms with E-state index in [0.29, 0.717) is 12.5 Å². The van der Waals surface area contributed by atoms with Gasteiger partial charge in [0.25, 0.3) is 0 Å². The second-order valence-corrected chi connectivity index (χ2v) is 6.33. The van der Waals surface area contributed by atoms with Crippen molar-refractivity contribution in [3.05, 3.63) is 0 Å². The van der Waals surface area contributed by atoms with Crippen molar-refractivity contribution in [1.82, 2.24) is 19.3 Å². The predicted molar refractivity (Wildman–Crippen MR) is 76.5 cm³/mol. The molecule has 0 atom stereocenters. The molecule has 0 amide bonds. The lowest BCUT2D eigenvalue weighted by molar-refractivity contribution is 0.379. The molecule has 1 aromatic heterocycles. The quantitative estimate of drug-likeness (QED) is 0.668. The lowest BCUT2D eigenvalue weighted by Crippen LogP contribution is -2.28. The normalized spacial score (nSPS) is 11.4. The molecule has 2 N–H and O–H groups in total. The third-order valence-corrected chi connectivity index (χ3v) is 4.16. The maximum atomic E-state index is 11.6. The lowest BCUT2D eigenvalue weighted by atomic mass is 10.7. The Balaban J connectivity index is 2.70. The van der Waals surface area contributed by atoms with Crippen molar-refractivity contribution < 1.29 is 13.2 Å². The minimum atomic E-state index is -3.25. The average Bonchev–Trinajstić information content (AvgIpc) is 2.38. The highest BCUT2D eigenvalue weighted by atomic mass is 32.2. The molecule has 0 spiro atoms. The molecule has 9 nitrogen and oxygen atoms in total. The number of hydrogen-bond donors (Lipinski definition) is 2. The topological polar surface area (TPSA) is 109 Å². The monoisotopic (exact) mass is 304 g/mol. The van der Waals surface area contributed by atoms with Gasteiger partial charge in [-0.3, -0.25) is 0 Å². The molecule has 1 heterocycles. The molecular formula is C10H20N6O3S. The predicted octanol–water partition coefficient (Wildman–Crippen LogP) is -0.385. The molecule has 10 heteroatoms. The summed E-state index contributed by atoms with van der Waals surface area (Å²) in [5.41, 5.74) is 0. The summed E-state index contributed by atoms with van der Waals surface area (Å²) in [4.78, 5) is 12.1. The first-order valence-corrected chi connectivity index (χ1v) is 7.68. The SMILES string of the molecule is CCNc1nc(NCCS(=O)(=O)N(C)C)nc(OC)n1. The number of anilines is 2. The molecule has 0 fully saturated rings. The molecule has 1 rings (SSSR count). The number of rotatable bonds is 8. The Labute approximate surface area is 118 Å². The maximum absolute atomic E-state index is 11.6. The Morgan fingerprint density at radius 1 is 1.15 bits per heavy atom. The van der Waals surface area contributed by atoms with Crippen molar-refractivity contribution in [1.29, 1.82) is 0 Å². The van der Waals surface area contributed by atoms with Crippen molar-refractivity contribution in [3.63, 3.8) is 0 Å². The second-order valence-electron chi connectivity index (χ2n) is 4.02. The van der Waals surface area contributed by atoms with E-state index >= 15 is 0 Å². The van der Waals surface area contributed by atoms with Crippen molar-refractivity contribution in [3.8, 4) is 6.01 Å². The molecule has 114 valence electrons. The van der Waals surface area contributed by atoms with Crippen LogP contribution < -0.4 is 15.4 Å². The van der Waals surface area contributed by atoms with Crippen LogP contribution in [0.2, 0.25) is 0 Å². The van der Waals surface area contributed by atoms with Crippen molar-refractivity contribution >= 4 is 21.9 Å². The number of aromatic nitrogens is 3. The van der Waals surface area contributed by atoms with E-state index in [1.54, 1.807) is 0 Å². The highest BCUT2D eigenvalue weighted by Crippen LogP contribution is 2.10. The molecule has 0 bridgehead atoms. The van der Waals surface area contributed by atoms with Gasteiger partial charge in [0, 0.05) is 27.2 Å². The van der Waals surface area contributed by atoms with Gasteiger partial charge in [0.1, 0.15) is 0 Å². The van der Waals surface area contributed by atoms with Gasteiger partial charge in [0.15, 0.2) is 0 Å². The van der Waals surface area contributed by atoms with E-state index in [4.69, 9.17) is 4.74 Å². The summed E-state index contributed by atoms with van der Waals surface area (Å²) < 4.78 is 29.3. The minimum Gasteiger partial charge on any atom is -0.467 e. The number of hydrogen-bond acceptors (Lipinski definition) is 8. The molecule has 0 radical (unpaired) electrons. The van der Waals surface area contributed by atoms with Crippen LogP contribution in [0.15, 0.2) is 0 Å². The summed E-state index contributed by atoms with van der Waals surface area (Å²) in [7, 11) is 1.18. The van der Waals surface area contributed by atoms with Crippen LogP contribution in [0.4, 0.5) is 11.9 Å². The Morgan fingerprint density at radius 3 is 2.25 bits per heavy atom. The van der Waals surface area contributed by atoms with Crippen molar-refractivity contribution in [2.24, 2.45) is 0 Å². The standard InChI is InChI=1S/C10H20N6O3S/c1-5-11-8-13-9(15-10(14-8)19-4)12-6-7-20(17,18)16(2)3/h5-7H2,1-4H3,(H2,11,12,13,14,15). The summed E-state index contributed by atoms with van der Waals surface area (Å²) in [6, 6.07) is 0.161. The number of nitrogens with zero attached hydrogens (tertiary/aromatic N) is 4. The molecule has 0 saturated carbocycles. The van der Waals surface area contributed by atoms with Gasteiger partial charge in [-0.1, -0.05) is 0 Å². The second kappa shape index (κ2) is 7.20. The molecule has 0 aliphatic heterocycles. The van der Waals surface area contributed by atoms with Gasteiger partial charge in [0.2, 0.25) is 21.9 Å². The van der Waals surface area contributed by atoms with Gasteiger partial charge < -0.3 is 15.4 Å². The summed E-state index contributed by atoms with van der Waals surface area (Å²) in [5.74, 6) is 0.587. The van der Waals surface area contributed by atoms with Gasteiger partial charge in [-0.2, -0.15) is 15.0 Å². The smallest absolute Gasteiger partial charge is 0.322 e. The zero-order valence-electron chi connectivity index (χ0n) is 12.0. The van der Waals surface area contributed by atoms with E-state index in [1.165, 1.54) is 25.5 Å². The van der Waals surface area contributed by atoms with E-state index < -0.39 is 10.0 Å². The first-order valence-electron chi connectivity index (χ1n) is 6.07. The fourth-order valence-electron chi connectivity index (χ4n) is 1.24. The van der Waals surface area contributed by atoms with E-state index in [9.17, 15) is 8.42 Å². The van der Waals surface area contributed by atoms with E-state index in [-0.39, 0.29) is 24.3 Å². The van der Waals surface area contributed by atoms with Crippen LogP contribution in [-0.4, -0.2) is 67.7 Å². The molecule has 0 aliphatic carbocycles. The Kier molecular flexibility index (Phi) is 5.89. The number of methoxy groups -OCH3 is 1. The molecule has 1 aromatic rings. The van der Waals surface area contributed by atoms with Crippen LogP contribution in [0.3, 0.4) is 0 Å². The highest BCUT2D eigenvalue weighted by molar-refractivity contribution is 7.89. The van der Waals surface area contributed by atoms with Crippen LogP contribution in [0.5, 0.6) is 6.01 Å². The van der Waals surface area contributed by atoms with E-state index in [0.717, 1.165) is 0 Å². The lowest BCUT2D eigenvalue weighted by Gasteiger charge is -2.12. The molecule has 0 unspecified atom stereocenters. The maximum Gasteiger partial charge on any atom is 0.322 e. The molecule has 0 saturated heterocycles. The third-order valence-electron chi connectivity index (χ3n) is 2.33. The van der Waals surface area contributed by atoms with E-state index in [1.807, 2.05) is 6.92 Å². The Morgan fingerprint density at radius 2 is 1.75 bits per heavy atom. The average molecular weight is 304 g/mol.